The number of carbonyl (C=O) groups is 1. The van der Waals surface area contributed by atoms with Crippen LogP contribution in [0.3, 0.4) is 0 Å². The maximum atomic E-state index is 11.0. The van der Waals surface area contributed by atoms with Crippen molar-refractivity contribution >= 4 is 11.7 Å². The van der Waals surface area contributed by atoms with E-state index in [-0.39, 0.29) is 0 Å². The molecule has 1 aliphatic heterocycles. The third-order valence-electron chi connectivity index (χ3n) is 2.00. The van der Waals surface area contributed by atoms with Crippen molar-refractivity contribution in [3.05, 3.63) is 42.0 Å². The molecule has 1 aromatic carbocycles. The predicted octanol–water partition coefficient (Wildman–Crippen LogP) is 1.25. The van der Waals surface area contributed by atoms with Gasteiger partial charge in [0.05, 0.1) is 0 Å². The Balaban J connectivity index is 2.60. The number of hydrogen-bond acceptors (Lipinski definition) is 3. The van der Waals surface area contributed by atoms with Crippen LogP contribution < -0.4 is 0 Å². The molecule has 1 atom stereocenters. The predicted molar refractivity (Wildman–Crippen MR) is 46.5 cm³/mol. The zero-order chi connectivity index (χ0) is 9.42. The Hall–Kier alpha value is -1.61. The van der Waals surface area contributed by atoms with Crippen LogP contribution in [0.25, 0.3) is 5.76 Å². The zero-order valence-electron chi connectivity index (χ0n) is 6.86. The lowest BCUT2D eigenvalue weighted by Gasteiger charge is -2.21. The van der Waals surface area contributed by atoms with Crippen molar-refractivity contribution in [1.29, 1.82) is 0 Å². The highest BCUT2D eigenvalue weighted by molar-refractivity contribution is 5.87. The van der Waals surface area contributed by atoms with Gasteiger partial charge in [0.1, 0.15) is 5.76 Å². The molecule has 0 radical (unpaired) electrons. The van der Waals surface area contributed by atoms with E-state index < -0.39 is 12.1 Å². The largest absolute Gasteiger partial charge is 0.424 e. The van der Waals surface area contributed by atoms with Crippen molar-refractivity contribution < 1.29 is 14.6 Å². The maximum absolute atomic E-state index is 11.0. The first-order valence-corrected chi connectivity index (χ1v) is 3.88. The van der Waals surface area contributed by atoms with Gasteiger partial charge in [0.25, 0.3) is 0 Å². The van der Waals surface area contributed by atoms with Gasteiger partial charge in [0.15, 0.2) is 6.10 Å². The second kappa shape index (κ2) is 2.71. The van der Waals surface area contributed by atoms with Gasteiger partial charge in [-0.3, -0.25) is 0 Å². The molecule has 1 heterocycles. The Morgan fingerprint density at radius 2 is 2.08 bits per heavy atom. The van der Waals surface area contributed by atoms with E-state index in [9.17, 15) is 9.90 Å². The van der Waals surface area contributed by atoms with Crippen LogP contribution in [0.4, 0.5) is 0 Å². The average molecular weight is 176 g/mol. The Morgan fingerprint density at radius 1 is 1.38 bits per heavy atom. The number of esters is 1. The summed E-state index contributed by atoms with van der Waals surface area (Å²) in [5.74, 6) is -0.366. The van der Waals surface area contributed by atoms with Gasteiger partial charge in [-0.15, -0.1) is 0 Å². The highest BCUT2D eigenvalue weighted by Crippen LogP contribution is 2.31. The number of cyclic esters (lactones) is 1. The fourth-order valence-corrected chi connectivity index (χ4v) is 1.35. The smallest absolute Gasteiger partial charge is 0.345 e. The number of benzene rings is 1. The highest BCUT2D eigenvalue weighted by Gasteiger charge is 2.29. The van der Waals surface area contributed by atoms with Crippen LogP contribution in [0.2, 0.25) is 0 Å². The summed E-state index contributed by atoms with van der Waals surface area (Å²) in [5.41, 5.74) is 1.25. The lowest BCUT2D eigenvalue weighted by Crippen LogP contribution is -2.21. The molecule has 0 spiro atoms. The molecule has 0 aliphatic carbocycles. The van der Waals surface area contributed by atoms with E-state index in [0.717, 1.165) is 0 Å². The molecule has 0 fully saturated rings. The third-order valence-corrected chi connectivity index (χ3v) is 2.00. The van der Waals surface area contributed by atoms with Gasteiger partial charge in [0, 0.05) is 11.1 Å². The minimum atomic E-state index is -1.18. The van der Waals surface area contributed by atoms with Gasteiger partial charge < -0.3 is 9.84 Å². The van der Waals surface area contributed by atoms with Crippen LogP contribution in [0.5, 0.6) is 0 Å². The average Bonchev–Trinajstić information content (AvgIpc) is 2.15. The fraction of sp³-hybridized carbons (Fsp3) is 0.100. The molecular weight excluding hydrogens is 168 g/mol. The van der Waals surface area contributed by atoms with E-state index in [4.69, 9.17) is 4.74 Å². The monoisotopic (exact) mass is 176 g/mol. The van der Waals surface area contributed by atoms with Gasteiger partial charge in [-0.25, -0.2) is 4.79 Å². The quantitative estimate of drug-likeness (QED) is 0.605. The van der Waals surface area contributed by atoms with Gasteiger partial charge in [-0.2, -0.15) is 0 Å². The molecule has 0 saturated heterocycles. The topological polar surface area (TPSA) is 46.5 Å². The molecule has 1 N–H and O–H groups in total. The first-order chi connectivity index (χ1) is 6.20. The summed E-state index contributed by atoms with van der Waals surface area (Å²) >= 11 is 0. The second-order valence-corrected chi connectivity index (χ2v) is 2.83. The summed E-state index contributed by atoms with van der Waals surface area (Å²) in [6.45, 7) is 3.59. The Kier molecular flexibility index (Phi) is 1.67. The van der Waals surface area contributed by atoms with Crippen LogP contribution in [0.1, 0.15) is 17.2 Å². The van der Waals surface area contributed by atoms with Crippen molar-refractivity contribution in [2.75, 3.05) is 0 Å². The molecule has 66 valence electrons. The lowest BCUT2D eigenvalue weighted by molar-refractivity contribution is -0.147. The molecule has 1 unspecified atom stereocenters. The molecule has 3 heteroatoms. The number of carbonyl (C=O) groups excluding carboxylic acids is 1. The number of fused-ring (bicyclic) bond motifs is 1. The van der Waals surface area contributed by atoms with E-state index >= 15 is 0 Å². The molecule has 1 aliphatic rings. The van der Waals surface area contributed by atoms with Crippen LogP contribution in [-0.4, -0.2) is 11.1 Å². The van der Waals surface area contributed by atoms with Crippen LogP contribution in [0, 0.1) is 0 Å². The number of aliphatic hydroxyl groups is 1. The van der Waals surface area contributed by atoms with Gasteiger partial charge >= 0.3 is 5.97 Å². The molecule has 1 aromatic rings. The minimum Gasteiger partial charge on any atom is -0.424 e. The van der Waals surface area contributed by atoms with Gasteiger partial charge in [-0.05, 0) is 0 Å². The van der Waals surface area contributed by atoms with E-state index in [1.165, 1.54) is 0 Å². The summed E-state index contributed by atoms with van der Waals surface area (Å²) in [5, 5.41) is 9.43. The highest BCUT2D eigenvalue weighted by atomic mass is 16.6. The van der Waals surface area contributed by atoms with Crippen molar-refractivity contribution in [2.45, 2.75) is 6.10 Å². The SMILES string of the molecule is C=C1OC(=O)C(O)c2ccccc21. The Morgan fingerprint density at radius 3 is 2.85 bits per heavy atom. The van der Waals surface area contributed by atoms with Gasteiger partial charge in [-0.1, -0.05) is 30.8 Å². The van der Waals surface area contributed by atoms with E-state index in [1.807, 2.05) is 0 Å². The Labute approximate surface area is 75.3 Å². The second-order valence-electron chi connectivity index (χ2n) is 2.83. The molecule has 13 heavy (non-hydrogen) atoms. The molecule has 0 bridgehead atoms. The van der Waals surface area contributed by atoms with Crippen molar-refractivity contribution in [1.82, 2.24) is 0 Å². The van der Waals surface area contributed by atoms with Crippen molar-refractivity contribution in [3.8, 4) is 0 Å². The van der Waals surface area contributed by atoms with Crippen LogP contribution in [0.15, 0.2) is 30.8 Å². The summed E-state index contributed by atoms with van der Waals surface area (Å²) in [6.07, 6.45) is -1.18. The van der Waals surface area contributed by atoms with E-state index in [2.05, 4.69) is 6.58 Å². The lowest BCUT2D eigenvalue weighted by atomic mass is 9.99. The first kappa shape index (κ1) is 8.01. The van der Waals surface area contributed by atoms with Crippen LogP contribution >= 0.6 is 0 Å². The van der Waals surface area contributed by atoms with Crippen LogP contribution in [-0.2, 0) is 9.53 Å². The van der Waals surface area contributed by atoms with E-state index in [1.54, 1.807) is 24.3 Å². The number of aliphatic hydroxyl groups excluding tert-OH is 1. The zero-order valence-corrected chi connectivity index (χ0v) is 6.86. The minimum absolute atomic E-state index is 0.297. The molecule has 2 rings (SSSR count). The summed E-state index contributed by atoms with van der Waals surface area (Å²) in [4.78, 5) is 11.0. The standard InChI is InChI=1S/C10H8O3/c1-6-7-4-2-3-5-8(7)9(11)10(12)13-6/h2-5,9,11H,1H2. The molecule has 0 aromatic heterocycles. The van der Waals surface area contributed by atoms with Crippen molar-refractivity contribution in [3.63, 3.8) is 0 Å². The summed E-state index contributed by atoms with van der Waals surface area (Å²) in [7, 11) is 0. The molecule has 3 nitrogen and oxygen atoms in total. The summed E-state index contributed by atoms with van der Waals surface area (Å²) < 4.78 is 4.74. The van der Waals surface area contributed by atoms with E-state index in [0.29, 0.717) is 16.9 Å². The van der Waals surface area contributed by atoms with Crippen molar-refractivity contribution in [2.24, 2.45) is 0 Å². The first-order valence-electron chi connectivity index (χ1n) is 3.88. The normalized spacial score (nSPS) is 20.8. The Bertz CT molecular complexity index is 382. The maximum Gasteiger partial charge on any atom is 0.345 e. The molecule has 0 saturated carbocycles. The van der Waals surface area contributed by atoms with Gasteiger partial charge in [0.2, 0.25) is 0 Å². The molecular formula is C10H8O3. The molecule has 0 amide bonds. The number of ether oxygens (including phenoxy) is 1. The fourth-order valence-electron chi connectivity index (χ4n) is 1.35. The number of rotatable bonds is 0. The third kappa shape index (κ3) is 1.13. The number of hydrogen-bond donors (Lipinski definition) is 1. The summed E-state index contributed by atoms with van der Waals surface area (Å²) in [6, 6.07) is 7.00.